The van der Waals surface area contributed by atoms with Crippen molar-refractivity contribution in [3.63, 3.8) is 0 Å². The van der Waals surface area contributed by atoms with Gasteiger partial charge in [-0.25, -0.2) is 4.98 Å². The fraction of sp³-hybridized carbons (Fsp3) is 0.429. The van der Waals surface area contributed by atoms with Gasteiger partial charge in [-0.2, -0.15) is 9.50 Å². The Balaban J connectivity index is 1.40. The lowest BCUT2D eigenvalue weighted by molar-refractivity contribution is -0.551. The molecular weight excluding hydrogens is 416 g/mol. The molecule has 3 aromatic rings. The second-order valence-electron chi connectivity index (χ2n) is 7.42. The highest BCUT2D eigenvalue weighted by atomic mass is 32.2. The third-order valence-corrected chi connectivity index (χ3v) is 6.54. The first-order valence-electron chi connectivity index (χ1n) is 10.5. The zero-order valence-electron chi connectivity index (χ0n) is 17.2. The molecule has 4 heterocycles. The summed E-state index contributed by atoms with van der Waals surface area (Å²) in [5, 5.41) is 4.33. The van der Waals surface area contributed by atoms with Crippen LogP contribution in [0, 0.1) is 0 Å². The number of nitrogens with one attached hydrogen (secondary N) is 1. The average Bonchev–Trinajstić information content (AvgIpc) is 3.25. The van der Waals surface area contributed by atoms with E-state index in [1.807, 2.05) is 30.3 Å². The number of fused-ring (bicyclic) bond motifs is 1. The van der Waals surface area contributed by atoms with Crippen molar-refractivity contribution in [3.05, 3.63) is 52.6 Å². The van der Waals surface area contributed by atoms with E-state index < -0.39 is 0 Å². The number of hydrogen-bond donors (Lipinski definition) is 1. The molecule has 0 saturated carbocycles. The molecule has 0 aliphatic carbocycles. The zero-order valence-corrected chi connectivity index (χ0v) is 18.0. The molecule has 0 bridgehead atoms. The minimum absolute atomic E-state index is 0.168. The first-order valence-corrected chi connectivity index (χ1v) is 11.5. The molecule has 2 aliphatic rings. The summed E-state index contributed by atoms with van der Waals surface area (Å²) in [6.45, 7) is 6.45. The monoisotopic (exact) mass is 441 g/mol. The van der Waals surface area contributed by atoms with Crippen LogP contribution in [0.1, 0.15) is 5.82 Å². The molecule has 2 aromatic heterocycles. The van der Waals surface area contributed by atoms with E-state index in [1.54, 1.807) is 11.8 Å². The number of rotatable bonds is 3. The number of amidine groups is 1. The number of morpholine rings is 2. The summed E-state index contributed by atoms with van der Waals surface area (Å²) in [7, 11) is 0. The lowest BCUT2D eigenvalue weighted by Crippen LogP contribution is -2.46. The highest BCUT2D eigenvalue weighted by molar-refractivity contribution is 8.12. The quantitative estimate of drug-likeness (QED) is 0.480. The predicted molar refractivity (Wildman–Crippen MR) is 119 cm³/mol. The summed E-state index contributed by atoms with van der Waals surface area (Å²) in [4.78, 5) is 24.2. The molecule has 1 aromatic carbocycles. The number of aromatic amines is 1. The van der Waals surface area contributed by atoms with Crippen molar-refractivity contribution >= 4 is 22.7 Å². The molecule has 31 heavy (non-hydrogen) atoms. The Labute approximate surface area is 183 Å². The molecule has 2 aliphatic heterocycles. The molecule has 0 radical (unpaired) electrons. The fourth-order valence-electron chi connectivity index (χ4n) is 3.77. The van der Waals surface area contributed by atoms with E-state index in [0.717, 1.165) is 64.0 Å². The van der Waals surface area contributed by atoms with E-state index in [0.29, 0.717) is 17.2 Å². The Morgan fingerprint density at radius 1 is 1.06 bits per heavy atom. The van der Waals surface area contributed by atoms with Gasteiger partial charge in [-0.15, -0.1) is 0 Å². The number of thioether (sulfide) groups is 1. The number of ether oxygens (including phenoxy) is 2. The Bertz CT molecular complexity index is 1130. The van der Waals surface area contributed by atoms with Crippen LogP contribution in [0.5, 0.6) is 0 Å². The van der Waals surface area contributed by atoms with Crippen LogP contribution in [0.15, 0.2) is 41.2 Å². The van der Waals surface area contributed by atoms with Crippen molar-refractivity contribution < 1.29 is 14.0 Å². The average molecular weight is 442 g/mol. The second kappa shape index (κ2) is 9.21. The Morgan fingerprint density at radius 2 is 1.81 bits per heavy atom. The molecule has 10 heteroatoms. The lowest BCUT2D eigenvalue weighted by Gasteiger charge is -2.26. The van der Waals surface area contributed by atoms with Gasteiger partial charge in [-0.05, 0) is 11.8 Å². The van der Waals surface area contributed by atoms with Gasteiger partial charge in [0, 0.05) is 11.6 Å². The topological polar surface area (TPSA) is 87.8 Å². The summed E-state index contributed by atoms with van der Waals surface area (Å²) in [5.41, 5.74) is 1.36. The molecule has 0 unspecified atom stereocenters. The molecule has 0 atom stereocenters. The number of hydrogen-bond acceptors (Lipinski definition) is 6. The first kappa shape index (κ1) is 20.2. The van der Waals surface area contributed by atoms with Crippen LogP contribution >= 0.6 is 11.8 Å². The molecule has 9 nitrogen and oxygen atoms in total. The maximum atomic E-state index is 12.6. The van der Waals surface area contributed by atoms with Gasteiger partial charge >= 0.3 is 5.17 Å². The minimum Gasteiger partial charge on any atom is -0.373 e. The molecule has 2 saturated heterocycles. The molecule has 2 fully saturated rings. The van der Waals surface area contributed by atoms with Gasteiger partial charge < -0.3 is 9.47 Å². The SMILES string of the molecule is O=c1cc(-c2ccccc2)nc2nc(CSC(N3CCOCC3)=[N+]3CCOCC3)[nH]n12. The van der Waals surface area contributed by atoms with E-state index in [4.69, 9.17) is 9.47 Å². The van der Waals surface area contributed by atoms with Gasteiger partial charge in [0.1, 0.15) is 32.0 Å². The summed E-state index contributed by atoms with van der Waals surface area (Å²) in [6, 6.07) is 11.2. The fourth-order valence-corrected chi connectivity index (χ4v) is 4.90. The number of aromatic nitrogens is 4. The predicted octanol–water partition coefficient (Wildman–Crippen LogP) is 1.05. The van der Waals surface area contributed by atoms with Crippen molar-refractivity contribution in [3.8, 4) is 11.3 Å². The third kappa shape index (κ3) is 4.51. The van der Waals surface area contributed by atoms with Crippen molar-refractivity contribution in [2.24, 2.45) is 0 Å². The van der Waals surface area contributed by atoms with E-state index >= 15 is 0 Å². The summed E-state index contributed by atoms with van der Waals surface area (Å²) >= 11 is 1.73. The molecule has 0 amide bonds. The summed E-state index contributed by atoms with van der Waals surface area (Å²) in [5.74, 6) is 1.73. The summed E-state index contributed by atoms with van der Waals surface area (Å²) < 4.78 is 14.8. The Hall–Kier alpha value is -2.69. The van der Waals surface area contributed by atoms with Crippen LogP contribution in [0.2, 0.25) is 0 Å². The smallest absolute Gasteiger partial charge is 0.309 e. The van der Waals surface area contributed by atoms with Gasteiger partial charge in [-0.1, -0.05) is 30.3 Å². The van der Waals surface area contributed by atoms with Crippen LogP contribution in [0.4, 0.5) is 0 Å². The molecular formula is C21H25N6O3S+. The zero-order chi connectivity index (χ0) is 21.0. The highest BCUT2D eigenvalue weighted by Crippen LogP contribution is 2.18. The second-order valence-corrected chi connectivity index (χ2v) is 8.36. The van der Waals surface area contributed by atoms with Crippen LogP contribution in [-0.4, -0.2) is 86.8 Å². The number of H-pyrrole nitrogens is 1. The minimum atomic E-state index is -0.168. The lowest BCUT2D eigenvalue weighted by atomic mass is 10.1. The highest BCUT2D eigenvalue weighted by Gasteiger charge is 2.27. The molecule has 1 N–H and O–H groups in total. The van der Waals surface area contributed by atoms with Crippen LogP contribution in [0.3, 0.4) is 0 Å². The maximum absolute atomic E-state index is 12.6. The normalized spacial score (nSPS) is 17.3. The van der Waals surface area contributed by atoms with Crippen molar-refractivity contribution in [1.82, 2.24) is 24.5 Å². The first-order chi connectivity index (χ1) is 15.3. The van der Waals surface area contributed by atoms with E-state index in [1.165, 1.54) is 15.7 Å². The standard InChI is InChI=1S/C21H24N6O3S/c28-19-14-17(16-4-2-1-3-5-16)22-20-23-18(24-27(19)20)15-31-21(25-6-10-29-11-7-25)26-8-12-30-13-9-26/h1-5,14H,6-13,15H2/p+1. The van der Waals surface area contributed by atoms with Crippen molar-refractivity contribution in [1.29, 1.82) is 0 Å². The number of nitrogens with zero attached hydrogens (tertiary/aromatic N) is 5. The van der Waals surface area contributed by atoms with Gasteiger partial charge in [0.15, 0.2) is 0 Å². The molecule has 162 valence electrons. The molecule has 5 rings (SSSR count). The van der Waals surface area contributed by atoms with Gasteiger partial charge in [0.05, 0.1) is 37.9 Å². The van der Waals surface area contributed by atoms with Gasteiger partial charge in [-0.3, -0.25) is 19.4 Å². The Kier molecular flexibility index (Phi) is 6.01. The van der Waals surface area contributed by atoms with Crippen LogP contribution in [-0.2, 0) is 15.2 Å². The van der Waals surface area contributed by atoms with E-state index in [-0.39, 0.29) is 5.56 Å². The third-order valence-electron chi connectivity index (χ3n) is 5.35. The number of benzene rings is 1. The van der Waals surface area contributed by atoms with E-state index in [9.17, 15) is 4.79 Å². The van der Waals surface area contributed by atoms with E-state index in [2.05, 4.69) is 24.5 Å². The van der Waals surface area contributed by atoms with Gasteiger partial charge in [0.2, 0.25) is 0 Å². The van der Waals surface area contributed by atoms with Crippen molar-refractivity contribution in [2.75, 3.05) is 52.6 Å². The molecule has 0 spiro atoms. The Morgan fingerprint density at radius 3 is 2.58 bits per heavy atom. The summed E-state index contributed by atoms with van der Waals surface area (Å²) in [6.07, 6.45) is 0. The van der Waals surface area contributed by atoms with Crippen molar-refractivity contribution in [2.45, 2.75) is 5.75 Å². The van der Waals surface area contributed by atoms with Crippen LogP contribution in [0.25, 0.3) is 17.0 Å². The maximum Gasteiger partial charge on any atom is 0.309 e. The van der Waals surface area contributed by atoms with Gasteiger partial charge in [0.25, 0.3) is 11.3 Å². The largest absolute Gasteiger partial charge is 0.373 e. The van der Waals surface area contributed by atoms with Crippen LogP contribution < -0.4 is 5.56 Å².